The van der Waals surface area contributed by atoms with Crippen LogP contribution in [0.3, 0.4) is 0 Å². The Morgan fingerprint density at radius 1 is 1.33 bits per heavy atom. The molecule has 0 aliphatic carbocycles. The maximum Gasteiger partial charge on any atom is 0.0453 e. The van der Waals surface area contributed by atoms with Crippen molar-refractivity contribution in [3.05, 3.63) is 41.6 Å². The van der Waals surface area contributed by atoms with Crippen LogP contribution in [0, 0.1) is 12.8 Å². The van der Waals surface area contributed by atoms with Gasteiger partial charge in [0.25, 0.3) is 0 Å². The maximum atomic E-state index is 4.17. The molecule has 0 saturated heterocycles. The highest BCUT2D eigenvalue weighted by molar-refractivity contribution is 5.71. The van der Waals surface area contributed by atoms with E-state index < -0.39 is 0 Å². The predicted molar refractivity (Wildman–Crippen MR) is 66.1 cm³/mol. The van der Waals surface area contributed by atoms with Gasteiger partial charge in [0, 0.05) is 16.8 Å². The van der Waals surface area contributed by atoms with E-state index in [0.717, 1.165) is 5.70 Å². The number of aryl methyl sites for hydroxylation is 1. The third-order valence-corrected chi connectivity index (χ3v) is 3.89. The van der Waals surface area contributed by atoms with E-state index in [1.54, 1.807) is 0 Å². The molecular formula is C14H19N. The Morgan fingerprint density at radius 2 is 2.00 bits per heavy atom. The Balaban J connectivity index is 2.65. The first kappa shape index (κ1) is 10.3. The van der Waals surface area contributed by atoms with Crippen LogP contribution in [0.4, 0.5) is 5.69 Å². The Bertz CT molecular complexity index is 417. The average molecular weight is 201 g/mol. The van der Waals surface area contributed by atoms with E-state index in [-0.39, 0.29) is 5.41 Å². The Labute approximate surface area is 92.2 Å². The molecule has 1 aromatic carbocycles. The molecule has 0 radical (unpaired) electrons. The van der Waals surface area contributed by atoms with E-state index in [1.165, 1.54) is 16.8 Å². The second-order valence-electron chi connectivity index (χ2n) is 4.96. The zero-order valence-corrected chi connectivity index (χ0v) is 10.0. The lowest BCUT2D eigenvalue weighted by molar-refractivity contribution is 0.412. The number of hydrogen-bond acceptors (Lipinski definition) is 1. The van der Waals surface area contributed by atoms with E-state index in [9.17, 15) is 0 Å². The Morgan fingerprint density at radius 3 is 2.60 bits per heavy atom. The molecule has 1 aliphatic rings. The van der Waals surface area contributed by atoms with Gasteiger partial charge in [-0.2, -0.15) is 0 Å². The lowest BCUT2D eigenvalue weighted by Crippen LogP contribution is -2.28. The SMILES string of the molecule is C=C1Nc2c(C)cccc2[C@@]1(C)C(C)C. The minimum absolute atomic E-state index is 0.0708. The molecule has 1 aliphatic heterocycles. The van der Waals surface area contributed by atoms with E-state index in [2.05, 4.69) is 57.8 Å². The fourth-order valence-corrected chi connectivity index (χ4v) is 2.37. The smallest absolute Gasteiger partial charge is 0.0453 e. The van der Waals surface area contributed by atoms with Crippen molar-refractivity contribution in [2.45, 2.75) is 33.1 Å². The van der Waals surface area contributed by atoms with Crippen LogP contribution in [0.2, 0.25) is 0 Å². The lowest BCUT2D eigenvalue weighted by Gasteiger charge is -2.30. The summed E-state index contributed by atoms with van der Waals surface area (Å²) < 4.78 is 0. The molecule has 1 atom stereocenters. The molecule has 0 amide bonds. The fourth-order valence-electron chi connectivity index (χ4n) is 2.37. The van der Waals surface area contributed by atoms with Crippen LogP contribution in [0.5, 0.6) is 0 Å². The monoisotopic (exact) mass is 201 g/mol. The highest BCUT2D eigenvalue weighted by Gasteiger charge is 2.40. The second kappa shape index (κ2) is 3.13. The second-order valence-corrected chi connectivity index (χ2v) is 4.96. The van der Waals surface area contributed by atoms with Crippen molar-refractivity contribution in [2.24, 2.45) is 5.92 Å². The van der Waals surface area contributed by atoms with Gasteiger partial charge in [0.1, 0.15) is 0 Å². The number of allylic oxidation sites excluding steroid dienone is 1. The van der Waals surface area contributed by atoms with Crippen molar-refractivity contribution >= 4 is 5.69 Å². The molecule has 1 aromatic rings. The van der Waals surface area contributed by atoms with Crippen molar-refractivity contribution < 1.29 is 0 Å². The van der Waals surface area contributed by atoms with Crippen LogP contribution < -0.4 is 5.32 Å². The number of rotatable bonds is 1. The topological polar surface area (TPSA) is 12.0 Å². The Kier molecular flexibility index (Phi) is 2.14. The summed E-state index contributed by atoms with van der Waals surface area (Å²) in [6, 6.07) is 6.49. The van der Waals surface area contributed by atoms with Gasteiger partial charge in [0.05, 0.1) is 0 Å². The van der Waals surface area contributed by atoms with Gasteiger partial charge in [-0.1, -0.05) is 38.6 Å². The van der Waals surface area contributed by atoms with Crippen LogP contribution in [-0.2, 0) is 5.41 Å². The van der Waals surface area contributed by atoms with Gasteiger partial charge in [0.15, 0.2) is 0 Å². The lowest BCUT2D eigenvalue weighted by atomic mass is 9.73. The van der Waals surface area contributed by atoms with Crippen molar-refractivity contribution in [1.29, 1.82) is 0 Å². The molecule has 1 heteroatoms. The largest absolute Gasteiger partial charge is 0.358 e. The number of fused-ring (bicyclic) bond motifs is 1. The number of para-hydroxylation sites is 1. The molecule has 0 unspecified atom stereocenters. The number of nitrogens with one attached hydrogen (secondary N) is 1. The summed E-state index contributed by atoms with van der Waals surface area (Å²) in [4.78, 5) is 0. The third kappa shape index (κ3) is 1.22. The Hall–Kier alpha value is -1.24. The molecule has 0 bridgehead atoms. The molecule has 0 saturated carbocycles. The van der Waals surface area contributed by atoms with Crippen LogP contribution in [-0.4, -0.2) is 0 Å². The van der Waals surface area contributed by atoms with Gasteiger partial charge in [-0.3, -0.25) is 0 Å². The zero-order valence-electron chi connectivity index (χ0n) is 10.0. The highest BCUT2D eigenvalue weighted by atomic mass is 15.0. The highest BCUT2D eigenvalue weighted by Crippen LogP contribution is 2.48. The molecule has 0 aromatic heterocycles. The van der Waals surface area contributed by atoms with E-state index >= 15 is 0 Å². The quantitative estimate of drug-likeness (QED) is 0.727. The zero-order chi connectivity index (χ0) is 11.2. The van der Waals surface area contributed by atoms with Gasteiger partial charge < -0.3 is 5.32 Å². The summed E-state index contributed by atoms with van der Waals surface area (Å²) in [6.07, 6.45) is 0. The van der Waals surface area contributed by atoms with Crippen LogP contribution >= 0.6 is 0 Å². The molecule has 1 heterocycles. The minimum Gasteiger partial charge on any atom is -0.358 e. The summed E-state index contributed by atoms with van der Waals surface area (Å²) in [5.74, 6) is 0.556. The molecule has 15 heavy (non-hydrogen) atoms. The molecule has 0 fully saturated rings. The van der Waals surface area contributed by atoms with E-state index in [1.807, 2.05) is 0 Å². The van der Waals surface area contributed by atoms with Crippen LogP contribution in [0.25, 0.3) is 0 Å². The summed E-state index contributed by atoms with van der Waals surface area (Å²) in [6.45, 7) is 13.1. The van der Waals surface area contributed by atoms with Crippen molar-refractivity contribution in [2.75, 3.05) is 5.32 Å². The van der Waals surface area contributed by atoms with Gasteiger partial charge in [-0.05, 0) is 30.9 Å². The van der Waals surface area contributed by atoms with Crippen molar-refractivity contribution in [3.8, 4) is 0 Å². The normalized spacial score (nSPS) is 24.2. The van der Waals surface area contributed by atoms with Gasteiger partial charge >= 0.3 is 0 Å². The van der Waals surface area contributed by atoms with Crippen molar-refractivity contribution in [3.63, 3.8) is 0 Å². The van der Waals surface area contributed by atoms with Crippen LogP contribution in [0.1, 0.15) is 31.9 Å². The standard InChI is InChI=1S/C14H19N/c1-9(2)14(5)11(4)15-13-10(3)7-6-8-12(13)14/h6-9,15H,4H2,1-3,5H3/t14-/m0/s1. The predicted octanol–water partition coefficient (Wildman–Crippen LogP) is 3.85. The summed E-state index contributed by atoms with van der Waals surface area (Å²) in [5, 5.41) is 3.44. The summed E-state index contributed by atoms with van der Waals surface area (Å²) >= 11 is 0. The number of benzene rings is 1. The molecule has 1 nitrogen and oxygen atoms in total. The van der Waals surface area contributed by atoms with E-state index in [0.29, 0.717) is 5.92 Å². The maximum absolute atomic E-state index is 4.17. The summed E-state index contributed by atoms with van der Waals surface area (Å²) in [5.41, 5.74) is 5.16. The molecule has 1 N–H and O–H groups in total. The molecule has 2 rings (SSSR count). The fraction of sp³-hybridized carbons (Fsp3) is 0.429. The van der Waals surface area contributed by atoms with Gasteiger partial charge in [-0.15, -0.1) is 0 Å². The van der Waals surface area contributed by atoms with Crippen molar-refractivity contribution in [1.82, 2.24) is 0 Å². The molecule has 80 valence electrons. The first-order valence-corrected chi connectivity index (χ1v) is 5.54. The summed E-state index contributed by atoms with van der Waals surface area (Å²) in [7, 11) is 0. The first-order chi connectivity index (χ1) is 6.98. The molecule has 0 spiro atoms. The first-order valence-electron chi connectivity index (χ1n) is 5.54. The van der Waals surface area contributed by atoms with Gasteiger partial charge in [-0.25, -0.2) is 0 Å². The van der Waals surface area contributed by atoms with Gasteiger partial charge in [0.2, 0.25) is 0 Å². The average Bonchev–Trinajstić information content (AvgIpc) is 2.44. The number of anilines is 1. The number of hydrogen-bond donors (Lipinski definition) is 1. The van der Waals surface area contributed by atoms with Crippen LogP contribution in [0.15, 0.2) is 30.5 Å². The minimum atomic E-state index is 0.0708. The molecular weight excluding hydrogens is 182 g/mol. The van der Waals surface area contributed by atoms with E-state index in [4.69, 9.17) is 0 Å². The third-order valence-electron chi connectivity index (χ3n) is 3.89.